The Morgan fingerprint density at radius 3 is 2.86 bits per heavy atom. The van der Waals surface area contributed by atoms with Crippen LogP contribution >= 0.6 is 0 Å². The van der Waals surface area contributed by atoms with Gasteiger partial charge in [-0.15, -0.1) is 0 Å². The van der Waals surface area contributed by atoms with Gasteiger partial charge in [-0.2, -0.15) is 0 Å². The van der Waals surface area contributed by atoms with Gasteiger partial charge in [-0.25, -0.2) is 4.79 Å². The van der Waals surface area contributed by atoms with Gasteiger partial charge in [0.2, 0.25) is 0 Å². The summed E-state index contributed by atoms with van der Waals surface area (Å²) in [7, 11) is 0. The molecule has 0 aliphatic carbocycles. The average Bonchev–Trinajstić information content (AvgIpc) is 2.48. The van der Waals surface area contributed by atoms with Gasteiger partial charge >= 0.3 is 5.97 Å². The van der Waals surface area contributed by atoms with Crippen LogP contribution in [0.4, 0.5) is 5.69 Å². The molecule has 0 aliphatic heterocycles. The largest absolute Gasteiger partial charge is 0.461 e. The summed E-state index contributed by atoms with van der Waals surface area (Å²) in [6.07, 6.45) is 2.77. The van der Waals surface area contributed by atoms with E-state index in [9.17, 15) is 4.79 Å². The number of nitrogens with zero attached hydrogens (tertiary/aromatic N) is 1. The van der Waals surface area contributed by atoms with Crippen molar-refractivity contribution in [3.63, 3.8) is 0 Å². The van der Waals surface area contributed by atoms with Crippen molar-refractivity contribution in [2.45, 2.75) is 26.8 Å². The third-order valence-corrected chi connectivity index (χ3v) is 1.93. The number of hydrogen-bond donors (Lipinski definition) is 1. The van der Waals surface area contributed by atoms with Crippen molar-refractivity contribution in [1.29, 1.82) is 0 Å². The van der Waals surface area contributed by atoms with Crippen LogP contribution in [-0.4, -0.2) is 17.1 Å². The molecule has 0 amide bonds. The van der Waals surface area contributed by atoms with Crippen LogP contribution in [0.5, 0.6) is 0 Å². The number of esters is 1. The maximum absolute atomic E-state index is 11.5. The van der Waals surface area contributed by atoms with Gasteiger partial charge in [-0.05, 0) is 19.4 Å². The Bertz CT molecular complexity index is 318. The summed E-state index contributed by atoms with van der Waals surface area (Å²) in [6.45, 7) is 4.98. The zero-order valence-corrected chi connectivity index (χ0v) is 8.62. The number of aryl methyl sites for hydroxylation is 1. The molecule has 1 aromatic rings. The minimum atomic E-state index is -0.344. The fraction of sp³-hybridized carbons (Fsp3) is 0.500. The van der Waals surface area contributed by atoms with E-state index in [-0.39, 0.29) is 5.97 Å². The molecule has 0 aliphatic rings. The van der Waals surface area contributed by atoms with E-state index < -0.39 is 0 Å². The van der Waals surface area contributed by atoms with Crippen LogP contribution in [0, 0.1) is 0 Å². The normalized spacial score (nSPS) is 10.1. The Hall–Kier alpha value is -1.45. The molecule has 0 bridgehead atoms. The zero-order chi connectivity index (χ0) is 10.6. The second kappa shape index (κ2) is 4.69. The Balaban J connectivity index is 2.92. The predicted molar refractivity (Wildman–Crippen MR) is 55.1 cm³/mol. The SMILES string of the molecule is CCCn1ccc(N)c1C(=O)OCC. The molecule has 0 aromatic carbocycles. The highest BCUT2D eigenvalue weighted by atomic mass is 16.5. The second-order valence-corrected chi connectivity index (χ2v) is 3.03. The Morgan fingerprint density at radius 2 is 2.29 bits per heavy atom. The third kappa shape index (κ3) is 2.07. The summed E-state index contributed by atoms with van der Waals surface area (Å²) in [5.74, 6) is -0.344. The number of ether oxygens (including phenoxy) is 1. The van der Waals surface area contributed by atoms with Crippen molar-refractivity contribution in [2.75, 3.05) is 12.3 Å². The van der Waals surface area contributed by atoms with Crippen LogP contribution in [0.3, 0.4) is 0 Å². The van der Waals surface area contributed by atoms with E-state index in [2.05, 4.69) is 0 Å². The smallest absolute Gasteiger partial charge is 0.357 e. The van der Waals surface area contributed by atoms with Gasteiger partial charge < -0.3 is 15.0 Å². The highest BCUT2D eigenvalue weighted by Gasteiger charge is 2.15. The molecule has 14 heavy (non-hydrogen) atoms. The highest BCUT2D eigenvalue weighted by molar-refractivity contribution is 5.93. The molecule has 0 atom stereocenters. The molecule has 4 heteroatoms. The van der Waals surface area contributed by atoms with Gasteiger partial charge in [0.25, 0.3) is 0 Å². The zero-order valence-electron chi connectivity index (χ0n) is 8.62. The third-order valence-electron chi connectivity index (χ3n) is 1.93. The summed E-state index contributed by atoms with van der Waals surface area (Å²) in [4.78, 5) is 11.5. The molecule has 78 valence electrons. The van der Waals surface area contributed by atoms with Gasteiger partial charge in [0.15, 0.2) is 5.69 Å². The highest BCUT2D eigenvalue weighted by Crippen LogP contribution is 2.15. The van der Waals surface area contributed by atoms with Crippen molar-refractivity contribution in [1.82, 2.24) is 4.57 Å². The first kappa shape index (κ1) is 10.6. The van der Waals surface area contributed by atoms with Gasteiger partial charge in [0, 0.05) is 12.7 Å². The minimum Gasteiger partial charge on any atom is -0.461 e. The van der Waals surface area contributed by atoms with Crippen LogP contribution in [0.1, 0.15) is 30.8 Å². The van der Waals surface area contributed by atoms with E-state index in [1.807, 2.05) is 17.7 Å². The van der Waals surface area contributed by atoms with Crippen LogP contribution in [-0.2, 0) is 11.3 Å². The number of nitrogen functional groups attached to an aromatic ring is 1. The molecular formula is C10H16N2O2. The average molecular weight is 196 g/mol. The van der Waals surface area contributed by atoms with Gasteiger partial charge in [-0.1, -0.05) is 6.92 Å². The predicted octanol–water partition coefficient (Wildman–Crippen LogP) is 1.66. The lowest BCUT2D eigenvalue weighted by Crippen LogP contribution is -2.13. The van der Waals surface area contributed by atoms with Crippen molar-refractivity contribution < 1.29 is 9.53 Å². The molecule has 0 saturated heterocycles. The molecule has 0 unspecified atom stereocenters. The van der Waals surface area contributed by atoms with E-state index >= 15 is 0 Å². The first-order valence-corrected chi connectivity index (χ1v) is 4.82. The monoisotopic (exact) mass is 196 g/mol. The molecule has 4 nitrogen and oxygen atoms in total. The van der Waals surface area contributed by atoms with Gasteiger partial charge in [0.1, 0.15) is 0 Å². The number of rotatable bonds is 4. The second-order valence-electron chi connectivity index (χ2n) is 3.03. The number of carbonyl (C=O) groups is 1. The molecule has 1 rings (SSSR count). The Morgan fingerprint density at radius 1 is 1.57 bits per heavy atom. The van der Waals surface area contributed by atoms with E-state index in [0.717, 1.165) is 13.0 Å². The maximum Gasteiger partial charge on any atom is 0.357 e. The summed E-state index contributed by atoms with van der Waals surface area (Å²) in [6, 6.07) is 1.72. The number of anilines is 1. The lowest BCUT2D eigenvalue weighted by atomic mass is 10.3. The summed E-state index contributed by atoms with van der Waals surface area (Å²) in [5.41, 5.74) is 6.63. The van der Waals surface area contributed by atoms with Crippen molar-refractivity contribution in [2.24, 2.45) is 0 Å². The molecule has 1 heterocycles. The summed E-state index contributed by atoms with van der Waals surface area (Å²) >= 11 is 0. The van der Waals surface area contributed by atoms with Gasteiger partial charge in [0.05, 0.1) is 12.3 Å². The minimum absolute atomic E-state index is 0.344. The molecule has 2 N–H and O–H groups in total. The number of carbonyl (C=O) groups excluding carboxylic acids is 1. The topological polar surface area (TPSA) is 57.2 Å². The van der Waals surface area contributed by atoms with Crippen LogP contribution in [0.15, 0.2) is 12.3 Å². The molecule has 0 saturated carbocycles. The number of nitrogens with two attached hydrogens (primary N) is 1. The molecular weight excluding hydrogens is 180 g/mol. The van der Waals surface area contributed by atoms with Crippen molar-refractivity contribution >= 4 is 11.7 Å². The summed E-state index contributed by atoms with van der Waals surface area (Å²) in [5, 5.41) is 0. The standard InChI is InChI=1S/C10H16N2O2/c1-3-6-12-7-5-8(11)9(12)10(13)14-4-2/h5,7H,3-4,6,11H2,1-2H3. The van der Waals surface area contributed by atoms with Crippen molar-refractivity contribution in [3.8, 4) is 0 Å². The number of aromatic nitrogens is 1. The van der Waals surface area contributed by atoms with E-state index in [4.69, 9.17) is 10.5 Å². The van der Waals surface area contributed by atoms with E-state index in [1.54, 1.807) is 13.0 Å². The molecule has 0 radical (unpaired) electrons. The lowest BCUT2D eigenvalue weighted by Gasteiger charge is -2.07. The van der Waals surface area contributed by atoms with Crippen LogP contribution in [0.2, 0.25) is 0 Å². The quantitative estimate of drug-likeness (QED) is 0.745. The van der Waals surface area contributed by atoms with Crippen LogP contribution < -0.4 is 5.73 Å². The molecule has 1 aromatic heterocycles. The first-order valence-electron chi connectivity index (χ1n) is 4.82. The lowest BCUT2D eigenvalue weighted by molar-refractivity contribution is 0.0515. The van der Waals surface area contributed by atoms with Gasteiger partial charge in [-0.3, -0.25) is 0 Å². The van der Waals surface area contributed by atoms with E-state index in [1.165, 1.54) is 0 Å². The number of hydrogen-bond acceptors (Lipinski definition) is 3. The fourth-order valence-corrected chi connectivity index (χ4v) is 1.35. The Labute approximate surface area is 83.7 Å². The first-order chi connectivity index (χ1) is 6.70. The van der Waals surface area contributed by atoms with Crippen molar-refractivity contribution in [3.05, 3.63) is 18.0 Å². The molecule has 0 spiro atoms. The molecule has 0 fully saturated rings. The van der Waals surface area contributed by atoms with Crippen LogP contribution in [0.25, 0.3) is 0 Å². The summed E-state index contributed by atoms with van der Waals surface area (Å²) < 4.78 is 6.74. The maximum atomic E-state index is 11.5. The Kier molecular flexibility index (Phi) is 3.56. The van der Waals surface area contributed by atoms with E-state index in [0.29, 0.717) is 18.0 Å². The fourth-order valence-electron chi connectivity index (χ4n) is 1.35.